The van der Waals surface area contributed by atoms with E-state index in [0.717, 1.165) is 30.2 Å². The Morgan fingerprint density at radius 1 is 1.08 bits per heavy atom. The molecule has 0 saturated heterocycles. The van der Waals surface area contributed by atoms with Crippen LogP contribution in [0.25, 0.3) is 0 Å². The number of rotatable bonds is 12. The Bertz CT molecular complexity index is 573. The predicted molar refractivity (Wildman–Crippen MR) is 104 cm³/mol. The molecule has 0 bridgehead atoms. The third-order valence-electron chi connectivity index (χ3n) is 4.13. The molecule has 6 heteroatoms. The second-order valence-corrected chi connectivity index (χ2v) is 7.14. The van der Waals surface area contributed by atoms with Crippen LogP contribution in [0.5, 0.6) is 11.5 Å². The summed E-state index contributed by atoms with van der Waals surface area (Å²) in [4.78, 5) is 23.8. The molecule has 0 N–H and O–H groups in total. The molecular formula is C20H29BrO5. The Morgan fingerprint density at radius 3 is 2.46 bits per heavy atom. The lowest BCUT2D eigenvalue weighted by atomic mass is 10.0. The van der Waals surface area contributed by atoms with Crippen LogP contribution in [-0.2, 0) is 14.3 Å². The molecule has 1 atom stereocenters. The maximum atomic E-state index is 11.9. The van der Waals surface area contributed by atoms with Gasteiger partial charge in [0.15, 0.2) is 11.5 Å². The van der Waals surface area contributed by atoms with Gasteiger partial charge in [0.25, 0.3) is 0 Å². The maximum absolute atomic E-state index is 11.9. The van der Waals surface area contributed by atoms with E-state index in [4.69, 9.17) is 14.2 Å². The van der Waals surface area contributed by atoms with Crippen LogP contribution in [-0.4, -0.2) is 25.7 Å². The summed E-state index contributed by atoms with van der Waals surface area (Å²) in [5, 5.41) is 0. The summed E-state index contributed by atoms with van der Waals surface area (Å²) in [6, 6.07) is 5.16. The molecule has 0 fully saturated rings. The minimum atomic E-state index is -0.396. The highest BCUT2D eigenvalue weighted by Crippen LogP contribution is 2.30. The van der Waals surface area contributed by atoms with Gasteiger partial charge in [0.2, 0.25) is 0 Å². The molecule has 146 valence electrons. The first-order chi connectivity index (χ1) is 12.5. The molecule has 0 saturated carbocycles. The summed E-state index contributed by atoms with van der Waals surface area (Å²) in [6.45, 7) is 4.73. The van der Waals surface area contributed by atoms with Crippen molar-refractivity contribution >= 4 is 27.9 Å². The number of carbonyl (C=O) groups excluding carboxylic acids is 2. The van der Waals surface area contributed by atoms with Crippen LogP contribution in [0.1, 0.15) is 58.8 Å². The fourth-order valence-electron chi connectivity index (χ4n) is 2.46. The van der Waals surface area contributed by atoms with Gasteiger partial charge in [0.1, 0.15) is 0 Å². The van der Waals surface area contributed by atoms with Gasteiger partial charge in [-0.1, -0.05) is 49.0 Å². The topological polar surface area (TPSA) is 61.8 Å². The lowest BCUT2D eigenvalue weighted by Crippen LogP contribution is -2.14. The van der Waals surface area contributed by atoms with Gasteiger partial charge < -0.3 is 14.2 Å². The van der Waals surface area contributed by atoms with Crippen molar-refractivity contribution in [1.82, 2.24) is 0 Å². The van der Waals surface area contributed by atoms with Crippen molar-refractivity contribution in [2.45, 2.75) is 58.8 Å². The van der Waals surface area contributed by atoms with Crippen molar-refractivity contribution in [3.63, 3.8) is 0 Å². The Morgan fingerprint density at radius 2 is 1.81 bits per heavy atom. The van der Waals surface area contributed by atoms with E-state index < -0.39 is 5.97 Å². The SMILES string of the molecule is CCCCC(CC)COC(=O)CCCC(=O)Oc1ccc(Br)cc1OC. The number of esters is 2. The van der Waals surface area contributed by atoms with Crippen molar-refractivity contribution in [3.05, 3.63) is 22.7 Å². The van der Waals surface area contributed by atoms with Gasteiger partial charge >= 0.3 is 11.9 Å². The quantitative estimate of drug-likeness (QED) is 0.334. The van der Waals surface area contributed by atoms with Gasteiger partial charge in [0.05, 0.1) is 13.7 Å². The van der Waals surface area contributed by atoms with Gasteiger partial charge in [-0.05, 0) is 37.0 Å². The molecule has 0 aliphatic carbocycles. The number of benzene rings is 1. The van der Waals surface area contributed by atoms with Gasteiger partial charge in [-0.2, -0.15) is 0 Å². The average Bonchev–Trinajstić information content (AvgIpc) is 2.63. The lowest BCUT2D eigenvalue weighted by molar-refractivity contribution is -0.145. The number of ether oxygens (including phenoxy) is 3. The molecule has 1 aromatic carbocycles. The monoisotopic (exact) mass is 428 g/mol. The maximum Gasteiger partial charge on any atom is 0.311 e. The van der Waals surface area contributed by atoms with Crippen molar-refractivity contribution in [2.24, 2.45) is 5.92 Å². The zero-order valence-electron chi connectivity index (χ0n) is 15.9. The van der Waals surface area contributed by atoms with E-state index in [1.165, 1.54) is 7.11 Å². The minimum Gasteiger partial charge on any atom is -0.493 e. The van der Waals surface area contributed by atoms with Crippen LogP contribution in [0.2, 0.25) is 0 Å². The van der Waals surface area contributed by atoms with Crippen LogP contribution < -0.4 is 9.47 Å². The lowest BCUT2D eigenvalue weighted by Gasteiger charge is -2.14. The summed E-state index contributed by atoms with van der Waals surface area (Å²) in [5.74, 6) is 0.616. The second kappa shape index (κ2) is 12.7. The molecular weight excluding hydrogens is 400 g/mol. The fourth-order valence-corrected chi connectivity index (χ4v) is 2.80. The first-order valence-corrected chi connectivity index (χ1v) is 9.99. The number of methoxy groups -OCH3 is 1. The van der Waals surface area contributed by atoms with E-state index in [2.05, 4.69) is 29.8 Å². The summed E-state index contributed by atoms with van der Waals surface area (Å²) in [7, 11) is 1.51. The summed E-state index contributed by atoms with van der Waals surface area (Å²) in [6.07, 6.45) is 5.17. The Hall–Kier alpha value is -1.56. The highest BCUT2D eigenvalue weighted by Gasteiger charge is 2.13. The molecule has 1 unspecified atom stereocenters. The molecule has 0 heterocycles. The molecule has 0 amide bonds. The van der Waals surface area contributed by atoms with Gasteiger partial charge in [-0.25, -0.2) is 0 Å². The van der Waals surface area contributed by atoms with E-state index >= 15 is 0 Å². The zero-order valence-corrected chi connectivity index (χ0v) is 17.5. The van der Waals surface area contributed by atoms with E-state index in [1.807, 2.05) is 0 Å². The van der Waals surface area contributed by atoms with E-state index in [9.17, 15) is 9.59 Å². The number of carbonyl (C=O) groups is 2. The molecule has 0 aliphatic rings. The van der Waals surface area contributed by atoms with Gasteiger partial charge in [0, 0.05) is 17.3 Å². The molecule has 1 aromatic rings. The molecule has 0 aromatic heterocycles. The number of halogens is 1. The standard InChI is InChI=1S/C20H29BrO5/c1-4-6-8-15(5-2)14-25-19(22)9-7-10-20(23)26-17-12-11-16(21)13-18(17)24-3/h11-13,15H,4-10,14H2,1-3H3. The van der Waals surface area contributed by atoms with Crippen LogP contribution >= 0.6 is 15.9 Å². The Labute approximate surface area is 164 Å². The average molecular weight is 429 g/mol. The van der Waals surface area contributed by atoms with E-state index in [0.29, 0.717) is 30.4 Å². The zero-order chi connectivity index (χ0) is 19.4. The van der Waals surface area contributed by atoms with Crippen LogP contribution in [0.15, 0.2) is 22.7 Å². The van der Waals surface area contributed by atoms with E-state index in [1.54, 1.807) is 18.2 Å². The van der Waals surface area contributed by atoms with Gasteiger partial charge in [-0.15, -0.1) is 0 Å². The summed E-state index contributed by atoms with van der Waals surface area (Å²) < 4.78 is 16.6. The second-order valence-electron chi connectivity index (χ2n) is 6.22. The molecule has 0 spiro atoms. The predicted octanol–water partition coefficient (Wildman–Crippen LogP) is 5.29. The third kappa shape index (κ3) is 8.70. The van der Waals surface area contributed by atoms with Crippen molar-refractivity contribution in [2.75, 3.05) is 13.7 Å². The smallest absolute Gasteiger partial charge is 0.311 e. The molecule has 1 rings (SSSR count). The number of hydrogen-bond donors (Lipinski definition) is 0. The van der Waals surface area contributed by atoms with Crippen molar-refractivity contribution < 1.29 is 23.8 Å². The summed E-state index contributed by atoms with van der Waals surface area (Å²) >= 11 is 3.33. The summed E-state index contributed by atoms with van der Waals surface area (Å²) in [5.41, 5.74) is 0. The van der Waals surface area contributed by atoms with E-state index in [-0.39, 0.29) is 18.8 Å². The van der Waals surface area contributed by atoms with Crippen molar-refractivity contribution in [1.29, 1.82) is 0 Å². The van der Waals surface area contributed by atoms with Crippen LogP contribution in [0.4, 0.5) is 0 Å². The van der Waals surface area contributed by atoms with Crippen LogP contribution in [0.3, 0.4) is 0 Å². The fraction of sp³-hybridized carbons (Fsp3) is 0.600. The van der Waals surface area contributed by atoms with Crippen molar-refractivity contribution in [3.8, 4) is 11.5 Å². The highest BCUT2D eigenvalue weighted by molar-refractivity contribution is 9.10. The van der Waals surface area contributed by atoms with Crippen LogP contribution in [0, 0.1) is 5.92 Å². The first-order valence-electron chi connectivity index (χ1n) is 9.19. The number of unbranched alkanes of at least 4 members (excludes halogenated alkanes) is 1. The Kier molecular flexibility index (Phi) is 11.0. The molecule has 26 heavy (non-hydrogen) atoms. The molecule has 0 radical (unpaired) electrons. The third-order valence-corrected chi connectivity index (χ3v) is 4.63. The number of hydrogen-bond acceptors (Lipinski definition) is 5. The largest absolute Gasteiger partial charge is 0.493 e. The Balaban J connectivity index is 2.30. The minimum absolute atomic E-state index is 0.154. The van der Waals surface area contributed by atoms with Gasteiger partial charge in [-0.3, -0.25) is 9.59 Å². The molecule has 5 nitrogen and oxygen atoms in total. The molecule has 0 aliphatic heterocycles. The highest BCUT2D eigenvalue weighted by atomic mass is 79.9. The normalized spacial score (nSPS) is 11.7. The first kappa shape index (κ1) is 22.5.